The Kier molecular flexibility index (Phi) is 38.1. The molecule has 0 saturated carbocycles. The van der Waals surface area contributed by atoms with Gasteiger partial charge in [-0.05, 0) is 93.2 Å². The predicted molar refractivity (Wildman–Crippen MR) is 415 cm³/mol. The van der Waals surface area contributed by atoms with E-state index in [1.165, 1.54) is 16.6 Å². The van der Waals surface area contributed by atoms with Crippen molar-refractivity contribution in [2.24, 2.45) is 9.98 Å². The summed E-state index contributed by atoms with van der Waals surface area (Å²) in [5.41, 5.74) is 18.7. The fourth-order valence-electron chi connectivity index (χ4n) is 11.1. The quantitative estimate of drug-likeness (QED) is 0.0462. The number of nitrogens with zero attached hydrogens (tertiary/aromatic N) is 9. The van der Waals surface area contributed by atoms with Crippen LogP contribution in [0.1, 0.15) is 33.4 Å². The van der Waals surface area contributed by atoms with Gasteiger partial charge in [-0.3, -0.25) is 26.3 Å². The maximum Gasteiger partial charge on any atom is 2.00 e. The van der Waals surface area contributed by atoms with Gasteiger partial charge in [0, 0.05) is 188 Å². The second kappa shape index (κ2) is 46.1. The molecule has 14 rings (SSSR count). The number of benzene rings is 10. The molecule has 0 fully saturated rings. The maximum absolute atomic E-state index is 13.5. The average Bonchev–Trinajstić information content (AvgIpc) is 0.793. The van der Waals surface area contributed by atoms with Crippen LogP contribution >= 0.6 is 0 Å². The number of pyridine rings is 4. The monoisotopic (exact) mass is 2370 g/mol. The Labute approximate surface area is 714 Å². The molecule has 10 aromatic carbocycles. The van der Waals surface area contributed by atoms with Gasteiger partial charge in [0.1, 0.15) is 0 Å². The number of aryl methyl sites for hydroxylation is 1. The van der Waals surface area contributed by atoms with Gasteiger partial charge in [0.25, 0.3) is 0 Å². The molecule has 0 aliphatic rings. The molecule has 0 aliphatic heterocycles. The van der Waals surface area contributed by atoms with Crippen molar-refractivity contribution in [2.45, 2.75) is 6.92 Å². The topological polar surface area (TPSA) is 107 Å². The van der Waals surface area contributed by atoms with Crippen LogP contribution in [-0.2, 0) is 101 Å². The molecule has 0 atom stereocenters. The molecular weight excluding hydrogens is 2300 g/mol. The summed E-state index contributed by atoms with van der Waals surface area (Å²) in [5, 5.41) is 8.86. The molecule has 0 spiro atoms. The summed E-state index contributed by atoms with van der Waals surface area (Å²) < 4.78 is 78.1. The van der Waals surface area contributed by atoms with E-state index < -0.39 is 34.9 Å². The second-order valence-electron chi connectivity index (χ2n) is 24.0. The van der Waals surface area contributed by atoms with Crippen molar-refractivity contribution in [3.8, 4) is 62.2 Å². The number of halogens is 6. The van der Waals surface area contributed by atoms with E-state index in [4.69, 9.17) is 5.26 Å². The van der Waals surface area contributed by atoms with Gasteiger partial charge in [-0.2, -0.15) is 16.2 Å². The second-order valence-corrected chi connectivity index (χ2v) is 24.0. The van der Waals surface area contributed by atoms with Crippen LogP contribution < -0.4 is 26.2 Å². The number of nitriles is 1. The van der Waals surface area contributed by atoms with Gasteiger partial charge < -0.3 is 39.7 Å². The van der Waals surface area contributed by atoms with Crippen LogP contribution in [-0.4, -0.2) is 80.4 Å². The summed E-state index contributed by atoms with van der Waals surface area (Å²) in [6.45, 7) is 1.73. The zero-order chi connectivity index (χ0) is 74.9. The Morgan fingerprint density at radius 2 is 0.910 bits per heavy atom. The van der Waals surface area contributed by atoms with Crippen molar-refractivity contribution >= 4 is 45.9 Å². The Bertz CT molecular complexity index is 5250. The normalized spacial score (nSPS) is 10.3. The minimum atomic E-state index is -0.657. The van der Waals surface area contributed by atoms with Crippen molar-refractivity contribution in [2.75, 3.05) is 52.1 Å². The third-order valence-corrected chi connectivity index (χ3v) is 16.4. The van der Waals surface area contributed by atoms with E-state index in [0.717, 1.165) is 109 Å². The van der Waals surface area contributed by atoms with Crippen molar-refractivity contribution in [1.82, 2.24) is 19.9 Å². The molecule has 0 saturated heterocycles. The van der Waals surface area contributed by atoms with E-state index in [1.54, 1.807) is 73.3 Å². The molecule has 4 heterocycles. The van der Waals surface area contributed by atoms with E-state index in [0.29, 0.717) is 22.6 Å². The molecule has 4 radical (unpaired) electrons. The molecule has 0 aliphatic carbocycles. The first-order valence-electron chi connectivity index (χ1n) is 33.4. The van der Waals surface area contributed by atoms with Gasteiger partial charge in [0.15, 0.2) is 0 Å². The van der Waals surface area contributed by atoms with Crippen LogP contribution in [0.2, 0.25) is 0 Å². The summed E-state index contributed by atoms with van der Waals surface area (Å²) >= 11 is 0. The first-order valence-corrected chi connectivity index (χ1v) is 33.4. The van der Waals surface area contributed by atoms with Crippen molar-refractivity contribution < 1.29 is 128 Å². The molecule has 0 bridgehead atoms. The van der Waals surface area contributed by atoms with Crippen molar-refractivity contribution in [3.05, 3.63) is 390 Å². The van der Waals surface area contributed by atoms with Gasteiger partial charge in [-0.25, -0.2) is 0 Å². The first kappa shape index (κ1) is 91.8. The molecule has 14 aromatic rings. The van der Waals surface area contributed by atoms with Crippen LogP contribution in [0.4, 0.5) is 37.7 Å². The molecular formula is C90H68BF6Ir4N9Pt-4. The Morgan fingerprint density at radius 3 is 1.37 bits per heavy atom. The molecule has 0 N–H and O–H groups in total. The number of hydrogen-bond acceptors (Lipinski definition) is 9. The minimum absolute atomic E-state index is 0. The molecule has 4 aromatic heterocycles. The fraction of sp³-hybridized carbons (Fsp3) is 0.0778. The number of rotatable bonds is 14. The smallest absolute Gasteiger partial charge is 0.378 e. The minimum Gasteiger partial charge on any atom is -0.378 e. The summed E-state index contributed by atoms with van der Waals surface area (Å²) in [7, 11) is 11.4. The van der Waals surface area contributed by atoms with Crippen molar-refractivity contribution in [3.63, 3.8) is 0 Å². The summed E-state index contributed by atoms with van der Waals surface area (Å²) in [6, 6.07) is 100. The largest absolute Gasteiger partial charge is 2.00 e. The molecule has 21 heteroatoms. The number of aromatic nitrogens is 4. The van der Waals surface area contributed by atoms with Crippen LogP contribution in [0.5, 0.6) is 0 Å². The van der Waals surface area contributed by atoms with Gasteiger partial charge in [-0.1, -0.05) is 192 Å². The number of hydrogen-bond donors (Lipinski definition) is 0. The van der Waals surface area contributed by atoms with Gasteiger partial charge >= 0.3 is 21.1 Å². The van der Waals surface area contributed by atoms with E-state index in [-0.39, 0.29) is 125 Å². The molecule has 0 amide bonds. The molecule has 9 nitrogen and oxygen atoms in total. The zero-order valence-corrected chi connectivity index (χ0v) is 72.5. The third-order valence-electron chi connectivity index (χ3n) is 16.4. The third kappa shape index (κ3) is 25.6. The van der Waals surface area contributed by atoms with Gasteiger partial charge in [-0.15, -0.1) is 126 Å². The van der Waals surface area contributed by atoms with Gasteiger partial charge in [0.2, 0.25) is 6.71 Å². The Morgan fingerprint density at radius 1 is 0.432 bits per heavy atom. The summed E-state index contributed by atoms with van der Waals surface area (Å²) in [6.07, 6.45) is 6.51. The predicted octanol–water partition coefficient (Wildman–Crippen LogP) is 17.7. The zero-order valence-electron chi connectivity index (χ0n) is 60.7. The van der Waals surface area contributed by atoms with Crippen LogP contribution in [0.25, 0.3) is 56.2 Å². The van der Waals surface area contributed by atoms with E-state index in [2.05, 4.69) is 182 Å². The van der Waals surface area contributed by atoms with E-state index in [1.807, 2.05) is 126 Å². The van der Waals surface area contributed by atoms with Crippen LogP contribution in [0, 0.1) is 89.6 Å². The Balaban J connectivity index is 0.000000270. The van der Waals surface area contributed by atoms with E-state index >= 15 is 0 Å². The molecule has 0 unspecified atom stereocenters. The number of anilines is 2. The first-order chi connectivity index (χ1) is 51.5. The summed E-state index contributed by atoms with van der Waals surface area (Å²) in [4.78, 5) is 29.6. The SMILES string of the molecule is CN(C)c1ccc(-c2[c-]cc(F)cc2F)nc1.CN(C)c1ccnc(-c2[c-]ccc(C#N)c2)c1.CN=C(c1[c-]c(B(c2[c-]c(C(=NC)c3ccccc3)ccc2)c2ccc(-c3ccccc3)cc2)ccc1)c1ccccc1.Cc1cccnc1-c1[c-]cc(F)cc1F.Fc1c[c-]c(-c2ccccn2)c(F)c1.[Ir].[Ir].[Ir].[Ir].[Pt+2]. The molecule has 568 valence electrons. The van der Waals surface area contributed by atoms with Crippen molar-refractivity contribution in [1.29, 1.82) is 5.26 Å². The van der Waals surface area contributed by atoms with Crippen LogP contribution in [0.3, 0.4) is 0 Å². The van der Waals surface area contributed by atoms with Gasteiger partial charge in [0.05, 0.1) is 11.8 Å². The van der Waals surface area contributed by atoms with Crippen LogP contribution in [0.15, 0.2) is 296 Å². The standard InChI is InChI=1S/C40H31BN2.C14H12N3.C13H11F2N2.C12H8F2N.C11H6F2N.4Ir.Pt/c1-42-39(32-16-8-4-9-17-32)34-20-12-22-37(28-34)41(36-26-24-31(25-27-36)30-14-6-3-7-15-30)38-23-13-21-35(29-38)40(43-2)33-18-10-5-11-19-33;1-17(2)13-6-7-16-14(9-13)12-5-3-4-11(8-12)10-15;1-17(2)10-4-6-13(16-8-10)11-5-3-9(14)7-12(11)15;1-8-3-2-6-15-12(8)10-5-4-9(13)7-11(10)14;12-8-4-5-9(10(13)7-8)11-3-1-2-6-14-11;;;;;/h3-27H,1-2H3;3-4,6-9H,1-2H3;3-4,6-8H,1-2H3;2-4,6-7H,1H3;1-4,6-7H;;;;;/q-2;4*-1;;;;;+2. The van der Waals surface area contributed by atoms with E-state index in [9.17, 15) is 26.3 Å². The molecule has 111 heavy (non-hydrogen) atoms. The Hall–Kier alpha value is -9.84. The fourth-order valence-corrected chi connectivity index (χ4v) is 11.1. The summed E-state index contributed by atoms with van der Waals surface area (Å²) in [5.74, 6) is -3.86. The average molecular weight is 2360 g/mol. The number of aliphatic imine (C=N–C) groups is 2. The maximum atomic E-state index is 13.5.